The first-order valence-corrected chi connectivity index (χ1v) is 11.6. The largest absolute Gasteiger partial charge is 0.482 e. The van der Waals surface area contributed by atoms with Crippen molar-refractivity contribution in [2.45, 2.75) is 26.7 Å². The Morgan fingerprint density at radius 3 is 2.74 bits per heavy atom. The van der Waals surface area contributed by atoms with Crippen LogP contribution < -0.4 is 15.4 Å². The van der Waals surface area contributed by atoms with Gasteiger partial charge in [-0.05, 0) is 78.7 Å². The molecule has 0 aliphatic carbocycles. The summed E-state index contributed by atoms with van der Waals surface area (Å²) in [6.07, 6.45) is 0. The third-order valence-corrected chi connectivity index (χ3v) is 5.64. The smallest absolute Gasteiger partial charge is 0.264 e. The number of carbonyl (C=O) groups excluding carboxylic acids is 1. The Hall–Kier alpha value is -3.42. The second kappa shape index (κ2) is 10.2. The minimum absolute atomic E-state index is 0.153. The van der Waals surface area contributed by atoms with Gasteiger partial charge in [-0.3, -0.25) is 10.1 Å². The van der Waals surface area contributed by atoms with Gasteiger partial charge < -0.3 is 14.5 Å². The Morgan fingerprint density at radius 1 is 1.15 bits per heavy atom. The number of thiocarbonyl (C=S) groups is 1. The predicted octanol–water partition coefficient (Wildman–Crippen LogP) is 6.47. The van der Waals surface area contributed by atoms with E-state index in [1.165, 1.54) is 5.56 Å². The number of nitrogens with one attached hydrogen (secondary N) is 2. The van der Waals surface area contributed by atoms with E-state index in [0.717, 1.165) is 22.2 Å². The van der Waals surface area contributed by atoms with Crippen molar-refractivity contribution in [1.82, 2.24) is 10.3 Å². The van der Waals surface area contributed by atoms with Gasteiger partial charge in [-0.2, -0.15) is 0 Å². The van der Waals surface area contributed by atoms with Gasteiger partial charge in [0.1, 0.15) is 11.3 Å². The van der Waals surface area contributed by atoms with E-state index in [2.05, 4.69) is 35.5 Å². The van der Waals surface area contributed by atoms with Crippen molar-refractivity contribution in [3.63, 3.8) is 0 Å². The number of aromatic nitrogens is 1. The number of anilines is 1. The molecule has 8 heteroatoms. The predicted molar refractivity (Wildman–Crippen MR) is 140 cm³/mol. The number of rotatable bonds is 6. The van der Waals surface area contributed by atoms with Crippen LogP contribution >= 0.6 is 23.8 Å². The highest BCUT2D eigenvalue weighted by atomic mass is 35.5. The quantitative estimate of drug-likeness (QED) is 0.300. The van der Waals surface area contributed by atoms with E-state index in [1.54, 1.807) is 12.1 Å². The molecule has 0 spiro atoms. The maximum Gasteiger partial charge on any atom is 0.264 e. The number of nitrogens with zero attached hydrogens (tertiary/aromatic N) is 1. The lowest BCUT2D eigenvalue weighted by Crippen LogP contribution is -2.37. The first-order chi connectivity index (χ1) is 16.3. The summed E-state index contributed by atoms with van der Waals surface area (Å²) in [5.74, 6) is 0.962. The highest BCUT2D eigenvalue weighted by molar-refractivity contribution is 7.80. The molecule has 0 saturated carbocycles. The van der Waals surface area contributed by atoms with Crippen molar-refractivity contribution < 1.29 is 13.9 Å². The lowest BCUT2D eigenvalue weighted by molar-refractivity contribution is -0.121. The number of hydrogen-bond donors (Lipinski definition) is 2. The van der Waals surface area contributed by atoms with Gasteiger partial charge in [0.05, 0.1) is 5.02 Å². The van der Waals surface area contributed by atoms with Crippen LogP contribution in [0.15, 0.2) is 65.1 Å². The fourth-order valence-corrected chi connectivity index (χ4v) is 3.87. The van der Waals surface area contributed by atoms with Gasteiger partial charge in [-0.1, -0.05) is 43.6 Å². The molecule has 1 heterocycles. The summed E-state index contributed by atoms with van der Waals surface area (Å²) in [7, 11) is 0. The van der Waals surface area contributed by atoms with Crippen LogP contribution in [0.3, 0.4) is 0 Å². The molecular weight excluding hydrogens is 470 g/mol. The third-order valence-electron chi connectivity index (χ3n) is 5.14. The summed E-state index contributed by atoms with van der Waals surface area (Å²) in [6, 6.07) is 18.9. The van der Waals surface area contributed by atoms with Gasteiger partial charge in [-0.25, -0.2) is 4.98 Å². The molecule has 0 saturated heterocycles. The van der Waals surface area contributed by atoms with Crippen LogP contribution in [-0.2, 0) is 4.79 Å². The second-order valence-electron chi connectivity index (χ2n) is 8.21. The maximum absolute atomic E-state index is 12.2. The highest BCUT2D eigenvalue weighted by Crippen LogP contribution is 2.28. The molecule has 3 aromatic carbocycles. The van der Waals surface area contributed by atoms with Crippen LogP contribution in [0.1, 0.15) is 30.9 Å². The van der Waals surface area contributed by atoms with Crippen molar-refractivity contribution in [2.24, 2.45) is 0 Å². The Balaban J connectivity index is 1.38. The normalized spacial score (nSPS) is 11.0. The molecule has 0 atom stereocenters. The SMILES string of the molecule is Cc1ccc(OCC(=O)NC(=S)Nc2cccc(-c3nc4cc(C(C)C)ccc4o3)c2)c(Cl)c1. The number of aryl methyl sites for hydroxylation is 1. The molecule has 2 N–H and O–H groups in total. The standard InChI is InChI=1S/C26H24ClN3O3S/c1-15(2)17-8-10-23-21(13-17)29-25(33-23)18-5-4-6-19(12-18)28-26(34)30-24(31)14-32-22-9-7-16(3)11-20(22)27/h4-13,15H,14H2,1-3H3,(H2,28,30,31,34). The van der Waals surface area contributed by atoms with Gasteiger partial charge >= 0.3 is 0 Å². The lowest BCUT2D eigenvalue weighted by atomic mass is 10.0. The molecule has 0 unspecified atom stereocenters. The molecule has 4 rings (SSSR count). The van der Waals surface area contributed by atoms with Gasteiger partial charge in [-0.15, -0.1) is 0 Å². The number of ether oxygens (including phenoxy) is 1. The van der Waals surface area contributed by atoms with E-state index in [1.807, 2.05) is 49.4 Å². The molecule has 0 radical (unpaired) electrons. The number of halogens is 1. The number of oxazole rings is 1. The van der Waals surface area contributed by atoms with E-state index in [0.29, 0.717) is 28.3 Å². The maximum atomic E-state index is 12.2. The molecule has 1 aromatic heterocycles. The van der Waals surface area contributed by atoms with Crippen molar-refractivity contribution >= 4 is 51.6 Å². The van der Waals surface area contributed by atoms with Crippen LogP contribution in [0.5, 0.6) is 5.75 Å². The summed E-state index contributed by atoms with van der Waals surface area (Å²) in [6.45, 7) is 5.99. The summed E-state index contributed by atoms with van der Waals surface area (Å²) >= 11 is 11.4. The molecule has 0 fully saturated rings. The van der Waals surface area contributed by atoms with Gasteiger partial charge in [0.15, 0.2) is 17.3 Å². The average molecular weight is 494 g/mol. The van der Waals surface area contributed by atoms with E-state index in [4.69, 9.17) is 33.0 Å². The number of benzene rings is 3. The summed E-state index contributed by atoms with van der Waals surface area (Å²) < 4.78 is 11.4. The van der Waals surface area contributed by atoms with Gasteiger partial charge in [0.2, 0.25) is 5.89 Å². The van der Waals surface area contributed by atoms with Crippen LogP contribution in [0.25, 0.3) is 22.6 Å². The van der Waals surface area contributed by atoms with Crippen molar-refractivity contribution in [2.75, 3.05) is 11.9 Å². The Morgan fingerprint density at radius 2 is 1.97 bits per heavy atom. The molecular formula is C26H24ClN3O3S. The van der Waals surface area contributed by atoms with E-state index in [9.17, 15) is 4.79 Å². The third kappa shape index (κ3) is 5.73. The monoisotopic (exact) mass is 493 g/mol. The molecule has 174 valence electrons. The van der Waals surface area contributed by atoms with Gasteiger partial charge in [0, 0.05) is 11.3 Å². The molecule has 1 amide bonds. The zero-order chi connectivity index (χ0) is 24.2. The molecule has 4 aromatic rings. The highest BCUT2D eigenvalue weighted by Gasteiger charge is 2.12. The number of amides is 1. The fraction of sp³-hybridized carbons (Fsp3) is 0.192. The number of carbonyl (C=O) groups is 1. The van der Waals surface area contributed by atoms with E-state index in [-0.39, 0.29) is 11.7 Å². The second-order valence-corrected chi connectivity index (χ2v) is 9.02. The van der Waals surface area contributed by atoms with Crippen molar-refractivity contribution in [3.8, 4) is 17.2 Å². The Kier molecular flexibility index (Phi) is 7.14. The van der Waals surface area contributed by atoms with E-state index >= 15 is 0 Å². The Bertz CT molecular complexity index is 1370. The number of fused-ring (bicyclic) bond motifs is 1. The van der Waals surface area contributed by atoms with Gasteiger partial charge in [0.25, 0.3) is 5.91 Å². The number of hydrogen-bond acceptors (Lipinski definition) is 5. The molecule has 6 nitrogen and oxygen atoms in total. The fourth-order valence-electron chi connectivity index (χ4n) is 3.35. The Labute approximate surface area is 208 Å². The van der Waals surface area contributed by atoms with Crippen LogP contribution in [0.2, 0.25) is 5.02 Å². The molecule has 34 heavy (non-hydrogen) atoms. The van der Waals surface area contributed by atoms with Crippen molar-refractivity contribution in [3.05, 3.63) is 76.8 Å². The van der Waals surface area contributed by atoms with Crippen LogP contribution in [0, 0.1) is 6.92 Å². The van der Waals surface area contributed by atoms with Crippen LogP contribution in [-0.4, -0.2) is 22.6 Å². The first kappa shape index (κ1) is 23.7. The minimum Gasteiger partial charge on any atom is -0.482 e. The van der Waals surface area contributed by atoms with Crippen LogP contribution in [0.4, 0.5) is 5.69 Å². The molecule has 0 aliphatic heterocycles. The zero-order valence-electron chi connectivity index (χ0n) is 19.0. The summed E-state index contributed by atoms with van der Waals surface area (Å²) in [5, 5.41) is 6.21. The topological polar surface area (TPSA) is 76.4 Å². The average Bonchev–Trinajstić information content (AvgIpc) is 3.22. The summed E-state index contributed by atoms with van der Waals surface area (Å²) in [4.78, 5) is 16.9. The molecule has 0 aliphatic rings. The first-order valence-electron chi connectivity index (χ1n) is 10.8. The molecule has 0 bridgehead atoms. The zero-order valence-corrected chi connectivity index (χ0v) is 20.6. The van der Waals surface area contributed by atoms with E-state index < -0.39 is 5.91 Å². The lowest BCUT2D eigenvalue weighted by Gasteiger charge is -2.11. The van der Waals surface area contributed by atoms with Crippen molar-refractivity contribution in [1.29, 1.82) is 0 Å². The minimum atomic E-state index is -0.398. The summed E-state index contributed by atoms with van der Waals surface area (Å²) in [5.41, 5.74) is 5.24.